The zero-order valence-corrected chi connectivity index (χ0v) is 71.3. The van der Waals surface area contributed by atoms with Gasteiger partial charge in [-0.3, -0.25) is 9.59 Å². The molecule has 0 radical (unpaired) electrons. The number of anilines is 6. The molecule has 0 unspecified atom stereocenters. The number of hydrogen-bond donors (Lipinski definition) is 4. The number of nitrogen functional groups attached to an aromatic ring is 1. The lowest BCUT2D eigenvalue weighted by Gasteiger charge is -2.36. The van der Waals surface area contributed by atoms with E-state index in [0.29, 0.717) is 74.1 Å². The van der Waals surface area contributed by atoms with E-state index in [-0.39, 0.29) is 79.2 Å². The Morgan fingerprint density at radius 2 is 0.634 bits per heavy atom. The van der Waals surface area contributed by atoms with Crippen LogP contribution in [0.5, 0.6) is 17.2 Å². The van der Waals surface area contributed by atoms with Crippen LogP contribution in [0.1, 0.15) is 71.9 Å². The van der Waals surface area contributed by atoms with E-state index in [2.05, 4.69) is 94.5 Å². The molecule has 0 atom stereocenters. The maximum Gasteiger partial charge on any atom is 0.329 e. The number of ether oxygens (including phenoxy) is 6. The van der Waals surface area contributed by atoms with Crippen LogP contribution >= 0.6 is 0 Å². The number of methoxy groups -OCH3 is 3. The van der Waals surface area contributed by atoms with Gasteiger partial charge in [-0.15, -0.1) is 0 Å². The molecule has 3 heterocycles. The van der Waals surface area contributed by atoms with Gasteiger partial charge in [0.15, 0.2) is 0 Å². The van der Waals surface area contributed by atoms with Crippen LogP contribution in [-0.4, -0.2) is 277 Å². The second-order valence-electron chi connectivity index (χ2n) is 29.1. The molecule has 2 amide bonds. The van der Waals surface area contributed by atoms with Crippen molar-refractivity contribution in [3.8, 4) is 17.2 Å². The van der Waals surface area contributed by atoms with Gasteiger partial charge < -0.3 is 79.3 Å². The number of nitrogens with two attached hydrogens (primary N) is 1. The molecule has 3 aliphatic rings. The van der Waals surface area contributed by atoms with E-state index < -0.39 is 42.6 Å². The number of likely N-dealkylation sites (N-methyl/N-ethyl adjacent to an activating group) is 3. The Balaban J connectivity index is 0.000000244. The molecule has 0 aliphatic carbocycles. The number of hydrogen-bond acceptors (Lipinski definition) is 22. The number of nitrogens with zero attached hydrogens (tertiary/aromatic N) is 9. The number of carboxylic acid groups (broad SMARTS) is 1. The lowest BCUT2D eigenvalue weighted by atomic mass is 10.0. The highest BCUT2D eigenvalue weighted by atomic mass is 32.2. The van der Waals surface area contributed by atoms with Crippen LogP contribution in [0.25, 0.3) is 0 Å². The van der Waals surface area contributed by atoms with E-state index in [1.54, 1.807) is 92.2 Å². The summed E-state index contributed by atoms with van der Waals surface area (Å²) < 4.78 is 113. The van der Waals surface area contributed by atoms with Gasteiger partial charge in [-0.2, -0.15) is 12.9 Å². The fourth-order valence-electron chi connectivity index (χ4n) is 13.7. The number of benzene rings is 6. The Morgan fingerprint density at radius 3 is 0.857 bits per heavy atom. The highest BCUT2D eigenvalue weighted by molar-refractivity contribution is 7.89. The number of carboxylic acids is 1. The smallest absolute Gasteiger partial charge is 0.329 e. The molecule has 0 spiro atoms. The van der Waals surface area contributed by atoms with E-state index in [1.807, 2.05) is 60.7 Å². The molecule has 5 N–H and O–H groups in total. The van der Waals surface area contributed by atoms with Crippen molar-refractivity contribution in [2.75, 3.05) is 214 Å². The summed E-state index contributed by atoms with van der Waals surface area (Å²) in [6, 6.07) is 36.0. The summed E-state index contributed by atoms with van der Waals surface area (Å²) in [7, 11) is 10.8. The summed E-state index contributed by atoms with van der Waals surface area (Å²) >= 11 is 0. The van der Waals surface area contributed by atoms with E-state index in [4.69, 9.17) is 39.3 Å². The molecule has 3 fully saturated rings. The Kier molecular flexibility index (Phi) is 36.3. The molecular weight excluding hydrogens is 1490 g/mol. The highest BCUT2D eigenvalue weighted by Crippen LogP contribution is 2.33. The standard InChI is InChI=1S/2C27H40N4O5S.C14H21NO6S.C13H21N3/c2*1-20-17-25(35-6)18-21(2)27(20)37(33,34)30(5)15-16-36-19-26(32)28-22-7-9-24(10-8-22)31-13-11-23(12-14-31)29(3)4;1-10-7-12(20-4)8-11(2)14(10)22(18,19)15(3)5-6-21-9-13(16)17;1-15(2)12-7-9-16(10-8-12)13-5-3-11(14)4-6-13/h2*7-10,17-18,23H,11-16,19H2,1-6H3,(H,28,32);7-8H,5-6,9H2,1-4H3,(H,16,17);3-6,12H,7-10,14H2,1-2H3. The molecule has 0 bridgehead atoms. The molecule has 0 aromatic heterocycles. The van der Waals surface area contributed by atoms with Gasteiger partial charge in [0.25, 0.3) is 0 Å². The lowest BCUT2D eigenvalue weighted by molar-refractivity contribution is -0.142. The highest BCUT2D eigenvalue weighted by Gasteiger charge is 2.30. The predicted octanol–water partition coefficient (Wildman–Crippen LogP) is 9.07. The fourth-order valence-corrected chi connectivity index (χ4v) is 18.4. The predicted molar refractivity (Wildman–Crippen MR) is 445 cm³/mol. The summed E-state index contributed by atoms with van der Waals surface area (Å²) in [5.41, 5.74) is 15.2. The molecule has 3 aliphatic heterocycles. The van der Waals surface area contributed by atoms with Crippen molar-refractivity contribution in [1.82, 2.24) is 27.6 Å². The molecule has 6 aromatic carbocycles. The topological polar surface area (TPSA) is 308 Å². The van der Waals surface area contributed by atoms with Gasteiger partial charge in [-0.05, 0) is 265 Å². The number of aliphatic carboxylic acids is 1. The molecule has 31 heteroatoms. The lowest BCUT2D eigenvalue weighted by Crippen LogP contribution is -2.41. The minimum atomic E-state index is -3.70. The first-order valence-electron chi connectivity index (χ1n) is 37.6. The van der Waals surface area contributed by atoms with Crippen molar-refractivity contribution in [3.63, 3.8) is 0 Å². The van der Waals surface area contributed by atoms with Gasteiger partial charge in [0, 0.05) is 132 Å². The Labute approximate surface area is 666 Å². The van der Waals surface area contributed by atoms with Crippen LogP contribution in [0, 0.1) is 41.5 Å². The normalized spacial score (nSPS) is 14.7. The molecule has 9 rings (SSSR count). The van der Waals surface area contributed by atoms with Crippen LogP contribution in [-0.2, 0) is 58.7 Å². The number of sulfonamides is 3. The summed E-state index contributed by atoms with van der Waals surface area (Å²) in [6.07, 6.45) is 7.04. The largest absolute Gasteiger partial charge is 0.497 e. The number of carbonyl (C=O) groups is 3. The van der Waals surface area contributed by atoms with Crippen LogP contribution in [0.2, 0.25) is 0 Å². The Morgan fingerprint density at radius 1 is 0.402 bits per heavy atom. The first-order chi connectivity index (χ1) is 52.9. The van der Waals surface area contributed by atoms with Crippen molar-refractivity contribution in [3.05, 3.63) is 143 Å². The third-order valence-corrected chi connectivity index (χ3v) is 26.7. The van der Waals surface area contributed by atoms with E-state index in [9.17, 15) is 39.6 Å². The molecular formula is C81H122N12O16S3. The number of aryl methyl sites for hydroxylation is 6. The monoisotopic (exact) mass is 1610 g/mol. The SMILES string of the molecule is CN(C)C1CCN(c2ccc(N)cc2)CC1.COc1cc(C)c(S(=O)(=O)N(C)CCOCC(=O)Nc2ccc(N3CCC(N(C)C)CC3)cc2)c(C)c1.COc1cc(C)c(S(=O)(=O)N(C)CCOCC(=O)Nc2ccc(N3CCC(N(C)C)CC3)cc2)c(C)c1.COc1cc(C)c(S(=O)(=O)N(C)CCOCC(=O)O)c(C)c1. The van der Waals surface area contributed by atoms with Crippen molar-refractivity contribution in [2.45, 2.75) is 113 Å². The first kappa shape index (κ1) is 92.7. The number of nitrogens with one attached hydrogen (secondary N) is 2. The van der Waals surface area contributed by atoms with Crippen LogP contribution in [0.4, 0.5) is 34.1 Å². The van der Waals surface area contributed by atoms with Crippen LogP contribution < -0.4 is 45.3 Å². The van der Waals surface area contributed by atoms with Crippen LogP contribution in [0.3, 0.4) is 0 Å². The summed E-state index contributed by atoms with van der Waals surface area (Å²) in [4.78, 5) is 49.8. The maximum absolute atomic E-state index is 13.1. The van der Waals surface area contributed by atoms with Crippen molar-refractivity contribution in [2.24, 2.45) is 0 Å². The number of rotatable bonds is 32. The number of piperidine rings is 3. The van der Waals surface area contributed by atoms with Crippen molar-refractivity contribution in [1.29, 1.82) is 0 Å². The van der Waals surface area contributed by atoms with Gasteiger partial charge in [-0.25, -0.2) is 30.0 Å². The third-order valence-electron chi connectivity index (χ3n) is 20.2. The van der Waals surface area contributed by atoms with Gasteiger partial charge in [0.2, 0.25) is 41.9 Å². The summed E-state index contributed by atoms with van der Waals surface area (Å²) in [5, 5.41) is 14.1. The first-order valence-corrected chi connectivity index (χ1v) is 41.9. The molecule has 620 valence electrons. The maximum atomic E-state index is 13.1. The Hall–Kier alpha value is -8.18. The Bertz CT molecular complexity index is 4090. The minimum absolute atomic E-state index is 0.0102. The second kappa shape index (κ2) is 43.9. The quantitative estimate of drug-likeness (QED) is 0.0226. The second-order valence-corrected chi connectivity index (χ2v) is 35.1. The average molecular weight is 1620 g/mol. The molecule has 0 saturated carbocycles. The molecule has 112 heavy (non-hydrogen) atoms. The molecule has 3 saturated heterocycles. The molecule has 6 aromatic rings. The van der Waals surface area contributed by atoms with Gasteiger partial charge in [0.05, 0.1) is 55.8 Å². The zero-order chi connectivity index (χ0) is 82.8. The van der Waals surface area contributed by atoms with Gasteiger partial charge in [-0.1, -0.05) is 0 Å². The number of amides is 2. The van der Waals surface area contributed by atoms with Gasteiger partial charge >= 0.3 is 5.97 Å². The third kappa shape index (κ3) is 27.3. The zero-order valence-electron chi connectivity index (χ0n) is 68.9. The molecule has 28 nitrogen and oxygen atoms in total. The van der Waals surface area contributed by atoms with Crippen LogP contribution in [0.15, 0.2) is 124 Å². The summed E-state index contributed by atoms with van der Waals surface area (Å²) in [6.45, 7) is 16.5. The number of carbonyl (C=O) groups excluding carboxylic acids is 2. The minimum Gasteiger partial charge on any atom is -0.497 e. The fraction of sp³-hybridized carbons (Fsp3) is 0.519. The van der Waals surface area contributed by atoms with Crippen molar-refractivity contribution < 1.29 is 73.2 Å². The van der Waals surface area contributed by atoms with Gasteiger partial charge in [0.1, 0.15) is 37.1 Å². The van der Waals surface area contributed by atoms with E-state index in [0.717, 1.165) is 92.4 Å². The van der Waals surface area contributed by atoms with E-state index in [1.165, 1.54) is 55.4 Å². The average Bonchev–Trinajstić information content (AvgIpc) is 0.793. The summed E-state index contributed by atoms with van der Waals surface area (Å²) in [5.74, 6) is 0.169. The van der Waals surface area contributed by atoms with Crippen molar-refractivity contribution >= 4 is 82.0 Å². The van der Waals surface area contributed by atoms with E-state index >= 15 is 0 Å².